The van der Waals surface area contributed by atoms with Gasteiger partial charge in [-0.2, -0.15) is 0 Å². The number of nitrogens with zero attached hydrogens (tertiary/aromatic N) is 1. The van der Waals surface area contributed by atoms with Gasteiger partial charge in [-0.1, -0.05) is 37.3 Å². The molecule has 0 unspecified atom stereocenters. The number of hydrogen-bond acceptors (Lipinski definition) is 2. The van der Waals surface area contributed by atoms with Crippen molar-refractivity contribution in [2.24, 2.45) is 0 Å². The van der Waals surface area contributed by atoms with Crippen LogP contribution in [-0.2, 0) is 9.53 Å². The van der Waals surface area contributed by atoms with Crippen molar-refractivity contribution < 1.29 is 9.53 Å². The third kappa shape index (κ3) is 2.81. The monoisotopic (exact) mass is 259 g/mol. The number of piperidine rings is 1. The molecule has 0 saturated carbocycles. The van der Waals surface area contributed by atoms with Gasteiger partial charge in [0, 0.05) is 19.5 Å². The second kappa shape index (κ2) is 4.97. The summed E-state index contributed by atoms with van der Waals surface area (Å²) >= 11 is 0. The summed E-state index contributed by atoms with van der Waals surface area (Å²) in [5.74, 6) is 0.577. The highest BCUT2D eigenvalue weighted by atomic mass is 16.6. The Morgan fingerprint density at radius 3 is 2.53 bits per heavy atom. The van der Waals surface area contributed by atoms with Gasteiger partial charge in [-0.25, -0.2) is 0 Å². The van der Waals surface area contributed by atoms with Crippen LogP contribution in [0, 0.1) is 0 Å². The second-order valence-corrected chi connectivity index (χ2v) is 5.87. The van der Waals surface area contributed by atoms with Crippen LogP contribution < -0.4 is 0 Å². The quantitative estimate of drug-likeness (QED) is 0.782. The molecule has 0 aliphatic carbocycles. The van der Waals surface area contributed by atoms with Gasteiger partial charge in [0.25, 0.3) is 0 Å². The predicted octanol–water partition coefficient (Wildman–Crippen LogP) is 2.57. The Labute approximate surface area is 114 Å². The van der Waals surface area contributed by atoms with Gasteiger partial charge in [0.15, 0.2) is 0 Å². The number of epoxide rings is 1. The molecule has 0 aromatic heterocycles. The molecule has 1 atom stereocenters. The van der Waals surface area contributed by atoms with Crippen molar-refractivity contribution in [1.82, 2.24) is 4.90 Å². The van der Waals surface area contributed by atoms with Crippen LogP contribution >= 0.6 is 0 Å². The van der Waals surface area contributed by atoms with Gasteiger partial charge >= 0.3 is 0 Å². The number of hydrogen-bond donors (Lipinski definition) is 0. The summed E-state index contributed by atoms with van der Waals surface area (Å²) in [6, 6.07) is 10.3. The normalized spacial score (nSPS) is 22.3. The van der Waals surface area contributed by atoms with E-state index in [1.54, 1.807) is 0 Å². The minimum Gasteiger partial charge on any atom is -0.369 e. The summed E-state index contributed by atoms with van der Waals surface area (Å²) in [6.45, 7) is 4.75. The van der Waals surface area contributed by atoms with Crippen LogP contribution in [0.4, 0.5) is 0 Å². The Hall–Kier alpha value is -1.35. The van der Waals surface area contributed by atoms with E-state index in [0.717, 1.165) is 32.5 Å². The molecule has 0 bridgehead atoms. The fourth-order valence-corrected chi connectivity index (χ4v) is 2.84. The second-order valence-electron chi connectivity index (χ2n) is 5.87. The van der Waals surface area contributed by atoms with Gasteiger partial charge < -0.3 is 9.64 Å². The van der Waals surface area contributed by atoms with E-state index in [4.69, 9.17) is 4.74 Å². The number of likely N-dealkylation sites (tertiary alicyclic amines) is 1. The molecule has 2 aliphatic rings. The standard InChI is InChI=1S/C16H21NO2/c1-13(14-5-3-2-4-6-14)11-15(18)17-9-7-16(8-10-17)12-19-16/h2-6,13H,7-12H2,1H3/t13-/m1/s1. The number of ether oxygens (including phenoxy) is 1. The first-order chi connectivity index (χ1) is 9.19. The van der Waals surface area contributed by atoms with Crippen molar-refractivity contribution in [3.63, 3.8) is 0 Å². The topological polar surface area (TPSA) is 32.8 Å². The van der Waals surface area contributed by atoms with Crippen molar-refractivity contribution in [1.29, 1.82) is 0 Å². The molecule has 3 heteroatoms. The van der Waals surface area contributed by atoms with Gasteiger partial charge in [-0.3, -0.25) is 4.79 Å². The SMILES string of the molecule is C[C@H](CC(=O)N1CCC2(CC1)CO2)c1ccccc1. The lowest BCUT2D eigenvalue weighted by atomic mass is 9.94. The van der Waals surface area contributed by atoms with E-state index in [9.17, 15) is 4.79 Å². The molecule has 0 radical (unpaired) electrons. The molecule has 3 rings (SSSR count). The number of amides is 1. The molecule has 1 amide bonds. The highest BCUT2D eigenvalue weighted by Crippen LogP contribution is 2.38. The summed E-state index contributed by atoms with van der Waals surface area (Å²) < 4.78 is 5.48. The molecule has 2 fully saturated rings. The summed E-state index contributed by atoms with van der Waals surface area (Å²) in [4.78, 5) is 14.3. The number of carbonyl (C=O) groups excluding carboxylic acids is 1. The maximum absolute atomic E-state index is 12.3. The Kier molecular flexibility index (Phi) is 3.31. The minimum atomic E-state index is 0.155. The molecular formula is C16H21NO2. The van der Waals surface area contributed by atoms with E-state index in [1.807, 2.05) is 23.1 Å². The number of benzene rings is 1. The first-order valence-corrected chi connectivity index (χ1v) is 7.15. The first-order valence-electron chi connectivity index (χ1n) is 7.15. The highest BCUT2D eigenvalue weighted by Gasteiger charge is 2.47. The molecular weight excluding hydrogens is 238 g/mol. The van der Waals surface area contributed by atoms with Gasteiger partial charge in [-0.05, 0) is 24.3 Å². The highest BCUT2D eigenvalue weighted by molar-refractivity contribution is 5.77. The van der Waals surface area contributed by atoms with Crippen molar-refractivity contribution >= 4 is 5.91 Å². The van der Waals surface area contributed by atoms with E-state index in [2.05, 4.69) is 19.1 Å². The fourth-order valence-electron chi connectivity index (χ4n) is 2.84. The fraction of sp³-hybridized carbons (Fsp3) is 0.562. The Morgan fingerprint density at radius 2 is 1.95 bits per heavy atom. The summed E-state index contributed by atoms with van der Waals surface area (Å²) in [5.41, 5.74) is 1.40. The van der Waals surface area contributed by atoms with E-state index in [0.29, 0.717) is 12.3 Å². The van der Waals surface area contributed by atoms with Crippen molar-refractivity contribution in [3.8, 4) is 0 Å². The van der Waals surface area contributed by atoms with Crippen LogP contribution in [0.2, 0.25) is 0 Å². The molecule has 1 aromatic carbocycles. The zero-order chi connectivity index (χ0) is 13.3. The number of rotatable bonds is 3. The Morgan fingerprint density at radius 1 is 1.32 bits per heavy atom. The van der Waals surface area contributed by atoms with Gasteiger partial charge in [0.1, 0.15) is 0 Å². The molecule has 0 N–H and O–H groups in total. The van der Waals surface area contributed by atoms with Crippen LogP contribution in [0.15, 0.2) is 30.3 Å². The average molecular weight is 259 g/mol. The molecule has 3 nitrogen and oxygen atoms in total. The molecule has 2 aliphatic heterocycles. The zero-order valence-electron chi connectivity index (χ0n) is 11.5. The van der Waals surface area contributed by atoms with Gasteiger partial charge in [0.05, 0.1) is 12.2 Å². The maximum atomic E-state index is 12.3. The maximum Gasteiger partial charge on any atom is 0.223 e. The molecule has 2 heterocycles. The summed E-state index contributed by atoms with van der Waals surface area (Å²) in [5, 5.41) is 0. The van der Waals surface area contributed by atoms with Crippen LogP contribution in [0.5, 0.6) is 0 Å². The molecule has 102 valence electrons. The Balaban J connectivity index is 1.53. The lowest BCUT2D eigenvalue weighted by Gasteiger charge is -2.31. The molecule has 2 saturated heterocycles. The third-order valence-corrected chi connectivity index (χ3v) is 4.43. The average Bonchev–Trinajstić information content (AvgIpc) is 3.20. The van der Waals surface area contributed by atoms with Gasteiger partial charge in [-0.15, -0.1) is 0 Å². The van der Waals surface area contributed by atoms with E-state index >= 15 is 0 Å². The smallest absolute Gasteiger partial charge is 0.223 e. The molecule has 1 spiro atoms. The lowest BCUT2D eigenvalue weighted by molar-refractivity contribution is -0.133. The van der Waals surface area contributed by atoms with Crippen molar-refractivity contribution in [2.45, 2.75) is 37.7 Å². The third-order valence-electron chi connectivity index (χ3n) is 4.43. The molecule has 19 heavy (non-hydrogen) atoms. The van der Waals surface area contributed by atoms with Gasteiger partial charge in [0.2, 0.25) is 5.91 Å². The zero-order valence-corrected chi connectivity index (χ0v) is 11.5. The number of carbonyl (C=O) groups is 1. The van der Waals surface area contributed by atoms with E-state index in [1.165, 1.54) is 5.56 Å². The van der Waals surface area contributed by atoms with Crippen LogP contribution in [0.3, 0.4) is 0 Å². The minimum absolute atomic E-state index is 0.155. The van der Waals surface area contributed by atoms with Crippen molar-refractivity contribution in [2.75, 3.05) is 19.7 Å². The predicted molar refractivity (Wildman–Crippen MR) is 74.0 cm³/mol. The lowest BCUT2D eigenvalue weighted by Crippen LogP contribution is -2.41. The van der Waals surface area contributed by atoms with E-state index in [-0.39, 0.29) is 11.5 Å². The van der Waals surface area contributed by atoms with Crippen LogP contribution in [0.1, 0.15) is 37.7 Å². The van der Waals surface area contributed by atoms with E-state index < -0.39 is 0 Å². The molecule has 1 aromatic rings. The van der Waals surface area contributed by atoms with Crippen LogP contribution in [-0.4, -0.2) is 36.1 Å². The summed E-state index contributed by atoms with van der Waals surface area (Å²) in [7, 11) is 0. The largest absolute Gasteiger partial charge is 0.369 e. The first kappa shape index (κ1) is 12.7. The summed E-state index contributed by atoms with van der Waals surface area (Å²) in [6.07, 6.45) is 2.63. The Bertz CT molecular complexity index is 443. The van der Waals surface area contributed by atoms with Crippen molar-refractivity contribution in [3.05, 3.63) is 35.9 Å². The van der Waals surface area contributed by atoms with Crippen LogP contribution in [0.25, 0.3) is 0 Å².